The van der Waals surface area contributed by atoms with Gasteiger partial charge in [-0.15, -0.1) is 0 Å². The van der Waals surface area contributed by atoms with E-state index in [4.69, 9.17) is 11.5 Å². The zero-order valence-electron chi connectivity index (χ0n) is 17.3. The first-order valence-electron chi connectivity index (χ1n) is 9.90. The molecule has 2 amide bonds. The van der Waals surface area contributed by atoms with E-state index in [0.29, 0.717) is 12.0 Å². The fourth-order valence-corrected chi connectivity index (χ4v) is 2.87. The Morgan fingerprint density at radius 2 is 1.53 bits per heavy atom. The second kappa shape index (κ2) is 11.9. The minimum atomic E-state index is -1.54. The van der Waals surface area contributed by atoms with Crippen LogP contribution in [0.15, 0.2) is 54.6 Å². The summed E-state index contributed by atoms with van der Waals surface area (Å²) in [6, 6.07) is 12.6. The molecule has 0 aromatic heterocycles. The standard InChI is InChI=1S/C21H27N5O6/c22-16(10-13-4-2-1-3-5-13)20(29)25-12-18(27)21(30)24-11-17(23)19(28)14-6-8-15(9-7-14)26(31)32/h1-9,16-19,27-28H,10-12,22-23H2,(H,24,30)(H,25,29)/t16-,17+,18+,19+/m1/s1. The maximum absolute atomic E-state index is 12.1. The Morgan fingerprint density at radius 1 is 0.938 bits per heavy atom. The van der Waals surface area contributed by atoms with E-state index in [1.165, 1.54) is 24.3 Å². The Hall–Kier alpha value is -3.38. The lowest BCUT2D eigenvalue weighted by molar-refractivity contribution is -0.384. The molecule has 0 saturated heterocycles. The van der Waals surface area contributed by atoms with Crippen molar-refractivity contribution in [2.24, 2.45) is 11.5 Å². The van der Waals surface area contributed by atoms with Gasteiger partial charge in [0.15, 0.2) is 0 Å². The van der Waals surface area contributed by atoms with Crippen LogP contribution in [0.1, 0.15) is 17.2 Å². The summed E-state index contributed by atoms with van der Waals surface area (Å²) in [6.45, 7) is -0.511. The summed E-state index contributed by atoms with van der Waals surface area (Å²) < 4.78 is 0. The van der Waals surface area contributed by atoms with Crippen LogP contribution in [0.25, 0.3) is 0 Å². The Bertz CT molecular complexity index is 909. The van der Waals surface area contributed by atoms with E-state index < -0.39 is 41.0 Å². The van der Waals surface area contributed by atoms with Gasteiger partial charge in [-0.25, -0.2) is 0 Å². The molecule has 0 spiro atoms. The van der Waals surface area contributed by atoms with Crippen LogP contribution in [-0.2, 0) is 16.0 Å². The summed E-state index contributed by atoms with van der Waals surface area (Å²) in [5, 5.41) is 35.7. The normalized spacial score (nSPS) is 14.6. The molecule has 0 aliphatic heterocycles. The Kier molecular flexibility index (Phi) is 9.22. The number of aliphatic hydroxyl groups excluding tert-OH is 2. The fourth-order valence-electron chi connectivity index (χ4n) is 2.87. The highest BCUT2D eigenvalue weighted by atomic mass is 16.6. The molecule has 32 heavy (non-hydrogen) atoms. The number of nitrogens with one attached hydrogen (secondary N) is 2. The molecule has 2 rings (SSSR count). The van der Waals surface area contributed by atoms with Crippen molar-refractivity contribution in [3.05, 3.63) is 75.8 Å². The predicted molar refractivity (Wildman–Crippen MR) is 116 cm³/mol. The number of carbonyl (C=O) groups excluding carboxylic acids is 2. The molecule has 0 bridgehead atoms. The molecule has 172 valence electrons. The van der Waals surface area contributed by atoms with Crippen LogP contribution >= 0.6 is 0 Å². The van der Waals surface area contributed by atoms with Crippen LogP contribution in [0.4, 0.5) is 5.69 Å². The minimum Gasteiger partial charge on any atom is -0.387 e. The van der Waals surface area contributed by atoms with Crippen molar-refractivity contribution < 1.29 is 24.7 Å². The van der Waals surface area contributed by atoms with Gasteiger partial charge < -0.3 is 32.3 Å². The van der Waals surface area contributed by atoms with Gasteiger partial charge in [-0.2, -0.15) is 0 Å². The van der Waals surface area contributed by atoms with E-state index in [1.807, 2.05) is 30.3 Å². The second-order valence-corrected chi connectivity index (χ2v) is 7.26. The van der Waals surface area contributed by atoms with Crippen molar-refractivity contribution >= 4 is 17.5 Å². The molecule has 0 unspecified atom stereocenters. The van der Waals surface area contributed by atoms with Crippen molar-refractivity contribution in [1.29, 1.82) is 0 Å². The van der Waals surface area contributed by atoms with E-state index in [2.05, 4.69) is 10.6 Å². The lowest BCUT2D eigenvalue weighted by Gasteiger charge is -2.21. The quantitative estimate of drug-likeness (QED) is 0.189. The van der Waals surface area contributed by atoms with E-state index in [-0.39, 0.29) is 18.8 Å². The number of amides is 2. The summed E-state index contributed by atoms with van der Waals surface area (Å²) in [6.07, 6.45) is -2.42. The zero-order valence-corrected chi connectivity index (χ0v) is 17.3. The number of nitrogens with two attached hydrogens (primary N) is 2. The Labute approximate surface area is 184 Å². The van der Waals surface area contributed by atoms with Crippen LogP contribution < -0.4 is 22.1 Å². The van der Waals surface area contributed by atoms with E-state index in [0.717, 1.165) is 5.56 Å². The summed E-state index contributed by atoms with van der Waals surface area (Å²) in [5.41, 5.74) is 12.8. The number of hydrogen-bond donors (Lipinski definition) is 6. The van der Waals surface area contributed by atoms with Gasteiger partial charge in [0.1, 0.15) is 6.10 Å². The molecular formula is C21H27N5O6. The van der Waals surface area contributed by atoms with Gasteiger partial charge in [0.2, 0.25) is 5.91 Å². The smallest absolute Gasteiger partial charge is 0.269 e. The molecule has 0 fully saturated rings. The van der Waals surface area contributed by atoms with Gasteiger partial charge in [0.05, 0.1) is 29.7 Å². The van der Waals surface area contributed by atoms with Crippen LogP contribution in [-0.4, -0.2) is 58.2 Å². The number of benzene rings is 2. The highest BCUT2D eigenvalue weighted by molar-refractivity contribution is 5.84. The maximum Gasteiger partial charge on any atom is 0.269 e. The fraction of sp³-hybridized carbons (Fsp3) is 0.333. The number of aliphatic hydroxyl groups is 2. The SMILES string of the molecule is N[C@H](Cc1ccccc1)C(=O)NC[C@H](O)C(=O)NC[C@H](N)[C@@H](O)c1ccc([N+](=O)[O-])cc1. The second-order valence-electron chi connectivity index (χ2n) is 7.26. The van der Waals surface area contributed by atoms with E-state index in [1.54, 1.807) is 0 Å². The first-order chi connectivity index (χ1) is 15.2. The molecule has 11 heteroatoms. The van der Waals surface area contributed by atoms with Crippen molar-refractivity contribution in [2.45, 2.75) is 30.7 Å². The van der Waals surface area contributed by atoms with Crippen LogP contribution in [0.5, 0.6) is 0 Å². The highest BCUT2D eigenvalue weighted by Gasteiger charge is 2.22. The van der Waals surface area contributed by atoms with Crippen molar-refractivity contribution in [3.8, 4) is 0 Å². The zero-order chi connectivity index (χ0) is 23.7. The molecule has 0 heterocycles. The largest absolute Gasteiger partial charge is 0.387 e. The van der Waals surface area contributed by atoms with E-state index >= 15 is 0 Å². The molecular weight excluding hydrogens is 418 g/mol. The molecule has 2 aromatic rings. The molecule has 11 nitrogen and oxygen atoms in total. The maximum atomic E-state index is 12.1. The van der Waals surface area contributed by atoms with Gasteiger partial charge in [-0.1, -0.05) is 30.3 Å². The number of nitro benzene ring substituents is 1. The third-order valence-electron chi connectivity index (χ3n) is 4.77. The molecule has 0 saturated carbocycles. The molecule has 0 radical (unpaired) electrons. The van der Waals surface area contributed by atoms with E-state index in [9.17, 15) is 29.9 Å². The van der Waals surface area contributed by atoms with Crippen molar-refractivity contribution in [1.82, 2.24) is 10.6 Å². The van der Waals surface area contributed by atoms with Gasteiger partial charge >= 0.3 is 0 Å². The monoisotopic (exact) mass is 445 g/mol. The average Bonchev–Trinajstić information content (AvgIpc) is 2.80. The lowest BCUT2D eigenvalue weighted by Crippen LogP contribution is -2.50. The number of nitro groups is 1. The van der Waals surface area contributed by atoms with Gasteiger partial charge in [0.25, 0.3) is 11.6 Å². The third kappa shape index (κ3) is 7.39. The van der Waals surface area contributed by atoms with Crippen LogP contribution in [0.3, 0.4) is 0 Å². The summed E-state index contributed by atoms with van der Waals surface area (Å²) in [4.78, 5) is 34.2. The van der Waals surface area contributed by atoms with Crippen molar-refractivity contribution in [2.75, 3.05) is 13.1 Å². The first-order valence-corrected chi connectivity index (χ1v) is 9.90. The lowest BCUT2D eigenvalue weighted by atomic mass is 10.0. The highest BCUT2D eigenvalue weighted by Crippen LogP contribution is 2.19. The summed E-state index contributed by atoms with van der Waals surface area (Å²) >= 11 is 0. The predicted octanol–water partition coefficient (Wildman–Crippen LogP) is -0.881. The topological polar surface area (TPSA) is 194 Å². The van der Waals surface area contributed by atoms with Crippen molar-refractivity contribution in [3.63, 3.8) is 0 Å². The number of carbonyl (C=O) groups is 2. The van der Waals surface area contributed by atoms with Gasteiger partial charge in [-0.05, 0) is 29.7 Å². The first kappa shape index (κ1) is 24.9. The molecule has 4 atom stereocenters. The van der Waals surface area contributed by atoms with Gasteiger partial charge in [-0.3, -0.25) is 19.7 Å². The average molecular weight is 445 g/mol. The van der Waals surface area contributed by atoms with Crippen LogP contribution in [0.2, 0.25) is 0 Å². The van der Waals surface area contributed by atoms with Crippen LogP contribution in [0, 0.1) is 10.1 Å². The number of non-ortho nitro benzene ring substituents is 1. The summed E-state index contributed by atoms with van der Waals surface area (Å²) in [7, 11) is 0. The molecule has 0 aliphatic rings. The molecule has 2 aromatic carbocycles. The van der Waals surface area contributed by atoms with Gasteiger partial charge in [0, 0.05) is 18.7 Å². The Balaban J connectivity index is 1.75. The number of nitrogens with zero attached hydrogens (tertiary/aromatic N) is 1. The molecule has 0 aliphatic carbocycles. The minimum absolute atomic E-state index is 0.128. The summed E-state index contributed by atoms with van der Waals surface area (Å²) in [5.74, 6) is -1.29. The third-order valence-corrected chi connectivity index (χ3v) is 4.77. The molecule has 8 N–H and O–H groups in total. The number of hydrogen-bond acceptors (Lipinski definition) is 8. The Morgan fingerprint density at radius 3 is 2.12 bits per heavy atom. The number of rotatable bonds is 11.